The van der Waals surface area contributed by atoms with Gasteiger partial charge in [0.15, 0.2) is 11.6 Å². The minimum atomic E-state index is -4.56. The van der Waals surface area contributed by atoms with Crippen LogP contribution in [0.3, 0.4) is 0 Å². The van der Waals surface area contributed by atoms with Crippen LogP contribution in [-0.4, -0.2) is 29.5 Å². The second kappa shape index (κ2) is 7.51. The molecule has 148 valence electrons. The minimum Gasteiger partial charge on any atom is -0.872 e. The van der Waals surface area contributed by atoms with Gasteiger partial charge in [0, 0.05) is 16.5 Å². The van der Waals surface area contributed by atoms with Crippen LogP contribution in [0.1, 0.15) is 32.3 Å². The number of carbonyl (C=O) groups excluding carboxylic acids is 2. The van der Waals surface area contributed by atoms with Crippen LogP contribution in [0.2, 0.25) is 0 Å². The summed E-state index contributed by atoms with van der Waals surface area (Å²) in [5.74, 6) is -2.23. The summed E-state index contributed by atoms with van der Waals surface area (Å²) in [5.41, 5.74) is 1.40. The predicted molar refractivity (Wildman–Crippen MR) is 106 cm³/mol. The van der Waals surface area contributed by atoms with Crippen LogP contribution in [0.15, 0.2) is 65.6 Å². The summed E-state index contributed by atoms with van der Waals surface area (Å²) < 4.78 is 32.3. The first-order valence-corrected chi connectivity index (χ1v) is 10.4. The molecule has 7 nitrogen and oxygen atoms in total. The zero-order valence-electron chi connectivity index (χ0n) is 16.2. The molecule has 4 aromatic rings. The average Bonchev–Trinajstić information content (AvgIpc) is 2.97. The SMILES string of the molecule is O=C1c2ccccc2C(=O)C1c1ccc2c(ccc3c([O-])cc(S(=O)(=O)O)cc32)n1.[Na+]. The number of nitrogens with zero attached hydrogens (tertiary/aromatic N) is 1. The van der Waals surface area contributed by atoms with Crippen LogP contribution in [0, 0.1) is 0 Å². The first kappa shape index (κ1) is 21.6. The number of aromatic nitrogens is 1. The third kappa shape index (κ3) is 3.37. The maximum Gasteiger partial charge on any atom is 1.00 e. The van der Waals surface area contributed by atoms with Gasteiger partial charge >= 0.3 is 29.6 Å². The maximum absolute atomic E-state index is 12.8. The van der Waals surface area contributed by atoms with Crippen LogP contribution in [-0.2, 0) is 10.1 Å². The van der Waals surface area contributed by atoms with Crippen molar-refractivity contribution in [3.63, 3.8) is 0 Å². The van der Waals surface area contributed by atoms with Gasteiger partial charge in [0.05, 0.1) is 16.1 Å². The van der Waals surface area contributed by atoms with Crippen molar-refractivity contribution < 1.29 is 57.2 Å². The van der Waals surface area contributed by atoms with Crippen molar-refractivity contribution in [1.82, 2.24) is 4.98 Å². The molecule has 1 heterocycles. The summed E-state index contributed by atoms with van der Waals surface area (Å²) in [5, 5.41) is 13.3. The van der Waals surface area contributed by atoms with Gasteiger partial charge in [0.25, 0.3) is 10.1 Å². The van der Waals surface area contributed by atoms with E-state index in [-0.39, 0.29) is 52.2 Å². The molecule has 0 saturated carbocycles. The van der Waals surface area contributed by atoms with Crippen molar-refractivity contribution in [2.75, 3.05) is 0 Å². The number of hydrogen-bond acceptors (Lipinski definition) is 6. The summed E-state index contributed by atoms with van der Waals surface area (Å²) in [7, 11) is -4.56. The second-order valence-electron chi connectivity index (χ2n) is 7.07. The smallest absolute Gasteiger partial charge is 0.872 e. The van der Waals surface area contributed by atoms with E-state index in [9.17, 15) is 27.7 Å². The Balaban J connectivity index is 0.00000231. The number of pyridine rings is 1. The van der Waals surface area contributed by atoms with E-state index in [0.717, 1.165) is 6.07 Å². The molecular formula is C22H12NNaO6S. The van der Waals surface area contributed by atoms with Gasteiger partial charge in [-0.05, 0) is 35.0 Å². The first-order chi connectivity index (χ1) is 14.3. The third-order valence-corrected chi connectivity index (χ3v) is 6.17. The van der Waals surface area contributed by atoms with Crippen molar-refractivity contribution in [1.29, 1.82) is 0 Å². The molecule has 0 spiro atoms. The second-order valence-corrected chi connectivity index (χ2v) is 8.49. The molecule has 0 radical (unpaired) electrons. The fourth-order valence-corrected chi connectivity index (χ4v) is 4.45. The van der Waals surface area contributed by atoms with Crippen LogP contribution < -0.4 is 34.7 Å². The summed E-state index contributed by atoms with van der Waals surface area (Å²) >= 11 is 0. The fourth-order valence-electron chi connectivity index (χ4n) is 3.93. The average molecular weight is 441 g/mol. The van der Waals surface area contributed by atoms with Gasteiger partial charge in [-0.15, -0.1) is 0 Å². The zero-order valence-corrected chi connectivity index (χ0v) is 19.0. The number of carbonyl (C=O) groups is 2. The predicted octanol–water partition coefficient (Wildman–Crippen LogP) is -0.125. The zero-order chi connectivity index (χ0) is 21.2. The minimum absolute atomic E-state index is 0. The number of Topliss-reactive ketones (excluding diaryl/α,β-unsaturated/α-hetero) is 2. The summed E-state index contributed by atoms with van der Waals surface area (Å²) in [6.07, 6.45) is 0. The van der Waals surface area contributed by atoms with Crippen molar-refractivity contribution >= 4 is 43.4 Å². The Labute approximate surface area is 198 Å². The molecule has 3 aromatic carbocycles. The number of rotatable bonds is 2. The Morgan fingerprint density at radius 2 is 1.45 bits per heavy atom. The number of hydrogen-bond donors (Lipinski definition) is 1. The largest absolute Gasteiger partial charge is 1.00 e. The first-order valence-electron chi connectivity index (χ1n) is 8.95. The van der Waals surface area contributed by atoms with E-state index < -0.39 is 26.7 Å². The van der Waals surface area contributed by atoms with E-state index in [1.807, 2.05) is 0 Å². The van der Waals surface area contributed by atoms with E-state index >= 15 is 0 Å². The maximum atomic E-state index is 12.8. The summed E-state index contributed by atoms with van der Waals surface area (Å²) in [6.45, 7) is 0. The van der Waals surface area contributed by atoms with E-state index in [1.54, 1.807) is 36.4 Å². The molecule has 0 amide bonds. The molecule has 1 aliphatic rings. The van der Waals surface area contributed by atoms with Crippen molar-refractivity contribution in [2.45, 2.75) is 10.8 Å². The molecule has 31 heavy (non-hydrogen) atoms. The number of benzene rings is 3. The molecule has 1 aromatic heterocycles. The Kier molecular flexibility index (Phi) is 5.23. The number of ketones is 2. The van der Waals surface area contributed by atoms with Crippen LogP contribution >= 0.6 is 0 Å². The normalized spacial score (nSPS) is 14.1. The Bertz CT molecular complexity index is 1500. The van der Waals surface area contributed by atoms with Crippen LogP contribution in [0.25, 0.3) is 21.7 Å². The molecule has 1 N–H and O–H groups in total. The van der Waals surface area contributed by atoms with Gasteiger partial charge < -0.3 is 5.11 Å². The Hall–Kier alpha value is -2.62. The molecule has 9 heteroatoms. The van der Waals surface area contributed by atoms with Crippen LogP contribution in [0.4, 0.5) is 0 Å². The third-order valence-electron chi connectivity index (χ3n) is 5.34. The van der Waals surface area contributed by atoms with Gasteiger partial charge in [-0.25, -0.2) is 0 Å². The Morgan fingerprint density at radius 1 is 0.839 bits per heavy atom. The molecule has 0 unspecified atom stereocenters. The fraction of sp³-hybridized carbons (Fsp3) is 0.0455. The van der Waals surface area contributed by atoms with Gasteiger partial charge in [-0.2, -0.15) is 8.42 Å². The van der Waals surface area contributed by atoms with E-state index in [2.05, 4.69) is 4.98 Å². The number of fused-ring (bicyclic) bond motifs is 4. The quantitative estimate of drug-likeness (QED) is 0.199. The van der Waals surface area contributed by atoms with Gasteiger partial charge in [0.1, 0.15) is 5.92 Å². The van der Waals surface area contributed by atoms with E-state index in [1.165, 1.54) is 18.2 Å². The van der Waals surface area contributed by atoms with Crippen molar-refractivity contribution in [2.24, 2.45) is 0 Å². The standard InChI is InChI=1S/C22H13NO6S.Na/c24-19-10-11(30(27,28)29)9-16-12-5-8-18(23-17(12)7-6-13(16)19)20-21(25)14-3-1-2-4-15(14)22(20)26;/h1-10,20,24H,(H,27,28,29);/q;+1/p-1. The van der Waals surface area contributed by atoms with Gasteiger partial charge in [-0.3, -0.25) is 19.1 Å². The Morgan fingerprint density at radius 3 is 2.06 bits per heavy atom. The van der Waals surface area contributed by atoms with Crippen LogP contribution in [0.5, 0.6) is 5.75 Å². The molecule has 0 aliphatic heterocycles. The molecule has 5 rings (SSSR count). The summed E-state index contributed by atoms with van der Waals surface area (Å²) in [6, 6.07) is 14.9. The topological polar surface area (TPSA) is 124 Å². The van der Waals surface area contributed by atoms with E-state index in [4.69, 9.17) is 0 Å². The molecule has 1 aliphatic carbocycles. The van der Waals surface area contributed by atoms with Crippen molar-refractivity contribution in [3.05, 3.63) is 77.5 Å². The van der Waals surface area contributed by atoms with Crippen molar-refractivity contribution in [3.8, 4) is 5.75 Å². The van der Waals surface area contributed by atoms with Gasteiger partial charge in [0.2, 0.25) is 0 Å². The molecular weight excluding hydrogens is 429 g/mol. The molecule has 0 saturated heterocycles. The van der Waals surface area contributed by atoms with Gasteiger partial charge in [-0.1, -0.05) is 42.1 Å². The molecule has 0 atom stereocenters. The van der Waals surface area contributed by atoms with E-state index in [0.29, 0.717) is 27.4 Å². The molecule has 0 fully saturated rings. The molecule has 0 bridgehead atoms. The monoisotopic (exact) mass is 441 g/mol. The summed E-state index contributed by atoms with van der Waals surface area (Å²) in [4.78, 5) is 29.5.